The van der Waals surface area contributed by atoms with Gasteiger partial charge in [0.25, 0.3) is 5.91 Å². The van der Waals surface area contributed by atoms with Crippen molar-refractivity contribution in [3.63, 3.8) is 0 Å². The molecule has 1 aromatic heterocycles. The lowest BCUT2D eigenvalue weighted by molar-refractivity contribution is 0.102. The zero-order valence-electron chi connectivity index (χ0n) is 8.11. The summed E-state index contributed by atoms with van der Waals surface area (Å²) in [5, 5.41) is 15.7. The van der Waals surface area contributed by atoms with E-state index in [2.05, 4.69) is 5.32 Å². The SMILES string of the molecule is O=C(Nc1ccc(O)cc1Cl)c1ccsc1. The zero-order valence-corrected chi connectivity index (χ0v) is 9.68. The van der Waals surface area contributed by atoms with Crippen LogP contribution in [0.3, 0.4) is 0 Å². The molecule has 0 aliphatic carbocycles. The number of carbonyl (C=O) groups is 1. The van der Waals surface area contributed by atoms with Gasteiger partial charge in [-0.05, 0) is 23.6 Å². The van der Waals surface area contributed by atoms with Crippen LogP contribution in [0.15, 0.2) is 35.0 Å². The molecule has 0 saturated heterocycles. The van der Waals surface area contributed by atoms with E-state index in [-0.39, 0.29) is 11.7 Å². The Balaban J connectivity index is 2.18. The molecule has 0 spiro atoms. The van der Waals surface area contributed by atoms with Gasteiger partial charge in [-0.2, -0.15) is 11.3 Å². The highest BCUT2D eigenvalue weighted by Gasteiger charge is 2.08. The molecular weight excluding hydrogens is 246 g/mol. The van der Waals surface area contributed by atoms with Gasteiger partial charge < -0.3 is 10.4 Å². The molecule has 2 aromatic rings. The Morgan fingerprint density at radius 1 is 1.38 bits per heavy atom. The highest BCUT2D eigenvalue weighted by Crippen LogP contribution is 2.26. The first-order valence-electron chi connectivity index (χ1n) is 4.49. The summed E-state index contributed by atoms with van der Waals surface area (Å²) in [5.41, 5.74) is 1.07. The van der Waals surface area contributed by atoms with Crippen LogP contribution in [-0.4, -0.2) is 11.0 Å². The average molecular weight is 254 g/mol. The quantitative estimate of drug-likeness (QED) is 0.807. The van der Waals surface area contributed by atoms with Crippen molar-refractivity contribution in [1.82, 2.24) is 0 Å². The maximum absolute atomic E-state index is 11.7. The number of halogens is 1. The number of benzene rings is 1. The third-order valence-corrected chi connectivity index (χ3v) is 2.98. The normalized spacial score (nSPS) is 10.1. The third kappa shape index (κ3) is 2.35. The molecule has 0 unspecified atom stereocenters. The number of phenols is 1. The van der Waals surface area contributed by atoms with E-state index in [0.717, 1.165) is 0 Å². The molecule has 16 heavy (non-hydrogen) atoms. The lowest BCUT2D eigenvalue weighted by Gasteiger charge is -2.06. The lowest BCUT2D eigenvalue weighted by atomic mass is 10.2. The summed E-state index contributed by atoms with van der Waals surface area (Å²) < 4.78 is 0. The summed E-state index contributed by atoms with van der Waals surface area (Å²) in [7, 11) is 0. The number of anilines is 1. The van der Waals surface area contributed by atoms with Crippen molar-refractivity contribution in [1.29, 1.82) is 0 Å². The van der Waals surface area contributed by atoms with E-state index in [9.17, 15) is 4.79 Å². The fourth-order valence-electron chi connectivity index (χ4n) is 1.19. The molecule has 82 valence electrons. The second kappa shape index (κ2) is 4.55. The standard InChI is InChI=1S/C11H8ClNO2S/c12-9-5-8(14)1-2-10(9)13-11(15)7-3-4-16-6-7/h1-6,14H,(H,13,15). The molecule has 0 fully saturated rings. The Kier molecular flexibility index (Phi) is 3.12. The first-order valence-corrected chi connectivity index (χ1v) is 5.81. The molecule has 1 heterocycles. The maximum Gasteiger partial charge on any atom is 0.256 e. The largest absolute Gasteiger partial charge is 0.508 e. The number of hydrogen-bond donors (Lipinski definition) is 2. The second-order valence-corrected chi connectivity index (χ2v) is 4.32. The molecule has 0 atom stereocenters. The first kappa shape index (κ1) is 11.0. The van der Waals surface area contributed by atoms with Crippen molar-refractivity contribution in [2.24, 2.45) is 0 Å². The fraction of sp³-hybridized carbons (Fsp3) is 0. The van der Waals surface area contributed by atoms with E-state index in [0.29, 0.717) is 16.3 Å². The summed E-state index contributed by atoms with van der Waals surface area (Å²) in [4.78, 5) is 11.7. The average Bonchev–Trinajstić information content (AvgIpc) is 2.75. The van der Waals surface area contributed by atoms with E-state index in [1.54, 1.807) is 17.5 Å². The van der Waals surface area contributed by atoms with Gasteiger partial charge in [0, 0.05) is 11.4 Å². The van der Waals surface area contributed by atoms with E-state index < -0.39 is 0 Å². The van der Waals surface area contributed by atoms with E-state index in [1.807, 2.05) is 5.38 Å². The van der Waals surface area contributed by atoms with Crippen LogP contribution in [0.2, 0.25) is 5.02 Å². The Morgan fingerprint density at radius 3 is 2.81 bits per heavy atom. The summed E-state index contributed by atoms with van der Waals surface area (Å²) >= 11 is 7.31. The number of thiophene rings is 1. The Labute approximate surface area is 101 Å². The summed E-state index contributed by atoms with van der Waals surface area (Å²) in [6.07, 6.45) is 0. The summed E-state index contributed by atoms with van der Waals surface area (Å²) in [5.74, 6) is -0.146. The molecule has 0 radical (unpaired) electrons. The van der Waals surface area contributed by atoms with Gasteiger partial charge in [0.15, 0.2) is 0 Å². The molecule has 1 aromatic carbocycles. The topological polar surface area (TPSA) is 49.3 Å². The molecule has 5 heteroatoms. The Hall–Kier alpha value is -1.52. The molecule has 1 amide bonds. The van der Waals surface area contributed by atoms with Crippen LogP contribution in [-0.2, 0) is 0 Å². The van der Waals surface area contributed by atoms with Crippen LogP contribution < -0.4 is 5.32 Å². The van der Waals surface area contributed by atoms with E-state index >= 15 is 0 Å². The fourth-order valence-corrected chi connectivity index (χ4v) is 2.05. The zero-order chi connectivity index (χ0) is 11.5. The number of carbonyl (C=O) groups excluding carboxylic acids is 1. The van der Waals surface area contributed by atoms with Gasteiger partial charge in [-0.25, -0.2) is 0 Å². The highest BCUT2D eigenvalue weighted by atomic mass is 35.5. The molecule has 0 aliphatic heterocycles. The van der Waals surface area contributed by atoms with Crippen LogP contribution in [0.25, 0.3) is 0 Å². The van der Waals surface area contributed by atoms with Crippen LogP contribution in [0.5, 0.6) is 5.75 Å². The van der Waals surface area contributed by atoms with Crippen LogP contribution in [0, 0.1) is 0 Å². The first-order chi connectivity index (χ1) is 7.66. The second-order valence-electron chi connectivity index (χ2n) is 3.13. The van der Waals surface area contributed by atoms with Gasteiger partial charge in [0.05, 0.1) is 16.3 Å². The number of phenolic OH excluding ortho intramolecular Hbond substituents is 1. The molecule has 0 bridgehead atoms. The van der Waals surface area contributed by atoms with Crippen molar-refractivity contribution in [2.45, 2.75) is 0 Å². The number of aromatic hydroxyl groups is 1. The van der Waals surface area contributed by atoms with Crippen LogP contribution in [0.1, 0.15) is 10.4 Å². The van der Waals surface area contributed by atoms with Crippen molar-refractivity contribution in [3.05, 3.63) is 45.6 Å². The smallest absolute Gasteiger partial charge is 0.256 e. The molecular formula is C11H8ClNO2S. The Bertz CT molecular complexity index is 511. The molecule has 0 aliphatic rings. The van der Waals surface area contributed by atoms with Crippen LogP contribution >= 0.6 is 22.9 Å². The van der Waals surface area contributed by atoms with E-state index in [1.165, 1.54) is 23.5 Å². The predicted octanol–water partition coefficient (Wildman–Crippen LogP) is 3.36. The molecule has 0 saturated carbocycles. The minimum Gasteiger partial charge on any atom is -0.508 e. The van der Waals surface area contributed by atoms with Gasteiger partial charge in [-0.15, -0.1) is 0 Å². The van der Waals surface area contributed by atoms with Gasteiger partial charge in [-0.3, -0.25) is 4.79 Å². The van der Waals surface area contributed by atoms with Gasteiger partial charge >= 0.3 is 0 Å². The molecule has 2 N–H and O–H groups in total. The minimum absolute atomic E-state index is 0.0681. The van der Waals surface area contributed by atoms with Crippen molar-refractivity contribution >= 4 is 34.5 Å². The van der Waals surface area contributed by atoms with Crippen molar-refractivity contribution in [3.8, 4) is 5.75 Å². The predicted molar refractivity (Wildman–Crippen MR) is 65.4 cm³/mol. The van der Waals surface area contributed by atoms with Crippen molar-refractivity contribution < 1.29 is 9.90 Å². The molecule has 2 rings (SSSR count). The summed E-state index contributed by atoms with van der Waals surface area (Å²) in [6.45, 7) is 0. The highest BCUT2D eigenvalue weighted by molar-refractivity contribution is 7.08. The number of rotatable bonds is 2. The Morgan fingerprint density at radius 2 is 2.19 bits per heavy atom. The number of hydrogen-bond acceptors (Lipinski definition) is 3. The maximum atomic E-state index is 11.7. The van der Waals surface area contributed by atoms with Crippen LogP contribution in [0.4, 0.5) is 5.69 Å². The third-order valence-electron chi connectivity index (χ3n) is 1.98. The molecule has 3 nitrogen and oxygen atoms in total. The minimum atomic E-state index is -0.214. The van der Waals surface area contributed by atoms with Crippen molar-refractivity contribution in [2.75, 3.05) is 5.32 Å². The summed E-state index contributed by atoms with van der Waals surface area (Å²) in [6, 6.07) is 6.14. The number of nitrogens with one attached hydrogen (secondary N) is 1. The van der Waals surface area contributed by atoms with Gasteiger partial charge in [0.1, 0.15) is 5.75 Å². The van der Waals surface area contributed by atoms with Gasteiger partial charge in [-0.1, -0.05) is 11.6 Å². The lowest BCUT2D eigenvalue weighted by Crippen LogP contribution is -2.10. The number of amides is 1. The van der Waals surface area contributed by atoms with Gasteiger partial charge in [0.2, 0.25) is 0 Å². The van der Waals surface area contributed by atoms with E-state index in [4.69, 9.17) is 16.7 Å². The monoisotopic (exact) mass is 253 g/mol.